The van der Waals surface area contributed by atoms with Crippen LogP contribution in [-0.4, -0.2) is 66.7 Å². The maximum atomic E-state index is 13.2. The van der Waals surface area contributed by atoms with Gasteiger partial charge in [-0.3, -0.25) is 9.69 Å². The van der Waals surface area contributed by atoms with Gasteiger partial charge in [-0.25, -0.2) is 9.97 Å². The van der Waals surface area contributed by atoms with Gasteiger partial charge in [0.05, 0.1) is 19.0 Å². The van der Waals surface area contributed by atoms with E-state index >= 15 is 0 Å². The van der Waals surface area contributed by atoms with Gasteiger partial charge < -0.3 is 15.0 Å². The normalized spacial score (nSPS) is 14.6. The van der Waals surface area contributed by atoms with Crippen molar-refractivity contribution in [3.05, 3.63) is 47.4 Å². The van der Waals surface area contributed by atoms with Crippen LogP contribution >= 0.6 is 0 Å². The van der Waals surface area contributed by atoms with Crippen LogP contribution in [0.3, 0.4) is 0 Å². The Bertz CT molecular complexity index is 979. The topological polar surface area (TPSA) is 70.6 Å². The standard InChI is InChI=1S/C25H34F3N5O2.3C2H6/c1-5-18(21-10-8-20(25(26,27)28)24(31-21)35-4)15-17(3)32-11-13-33(14-12-32)19-7-9-22(30-16-19)23(34)29-6-2;3*1-2/h7-10,16-18H,5-6,11-15H2,1-4H3,(H,29,34);3*1-2H3. The minimum Gasteiger partial charge on any atom is -0.481 e. The first-order valence-corrected chi connectivity index (χ1v) is 15.0. The van der Waals surface area contributed by atoms with E-state index in [9.17, 15) is 18.0 Å². The van der Waals surface area contributed by atoms with E-state index in [1.807, 2.05) is 61.5 Å². The summed E-state index contributed by atoms with van der Waals surface area (Å²) in [6.07, 6.45) is -1.19. The Morgan fingerprint density at radius 3 is 2.07 bits per heavy atom. The highest BCUT2D eigenvalue weighted by Crippen LogP contribution is 2.37. The number of hydrogen-bond acceptors (Lipinski definition) is 6. The molecule has 41 heavy (non-hydrogen) atoms. The third-order valence-electron chi connectivity index (χ3n) is 6.54. The number of ether oxygens (including phenoxy) is 1. The van der Waals surface area contributed by atoms with Crippen molar-refractivity contribution in [3.63, 3.8) is 0 Å². The van der Waals surface area contributed by atoms with Gasteiger partial charge in [0.2, 0.25) is 5.88 Å². The number of pyridine rings is 2. The summed E-state index contributed by atoms with van der Waals surface area (Å²) in [4.78, 5) is 25.1. The van der Waals surface area contributed by atoms with Crippen molar-refractivity contribution in [2.45, 2.75) is 93.3 Å². The summed E-state index contributed by atoms with van der Waals surface area (Å²) in [5.74, 6) is -0.518. The quantitative estimate of drug-likeness (QED) is 0.331. The molecule has 3 heterocycles. The number of carbonyl (C=O) groups excluding carboxylic acids is 1. The molecule has 1 N–H and O–H groups in total. The van der Waals surface area contributed by atoms with Gasteiger partial charge in [0.1, 0.15) is 11.3 Å². The largest absolute Gasteiger partial charge is 0.481 e. The first kappa shape index (κ1) is 38.1. The zero-order chi connectivity index (χ0) is 31.6. The smallest absolute Gasteiger partial charge is 0.421 e. The zero-order valence-electron chi connectivity index (χ0n) is 26.7. The molecule has 1 aliphatic rings. The predicted molar refractivity (Wildman–Crippen MR) is 163 cm³/mol. The van der Waals surface area contributed by atoms with Crippen LogP contribution < -0.4 is 15.0 Å². The molecule has 2 atom stereocenters. The Kier molecular flexibility index (Phi) is 18.7. The molecule has 0 saturated carbocycles. The van der Waals surface area contributed by atoms with Gasteiger partial charge in [-0.15, -0.1) is 0 Å². The zero-order valence-corrected chi connectivity index (χ0v) is 26.7. The Hall–Kier alpha value is -2.88. The van der Waals surface area contributed by atoms with Crippen molar-refractivity contribution in [1.29, 1.82) is 0 Å². The van der Waals surface area contributed by atoms with E-state index < -0.39 is 11.7 Å². The highest BCUT2D eigenvalue weighted by atomic mass is 19.4. The van der Waals surface area contributed by atoms with Crippen molar-refractivity contribution in [2.24, 2.45) is 0 Å². The van der Waals surface area contributed by atoms with Crippen LogP contribution in [0.25, 0.3) is 0 Å². The number of halogens is 3. The van der Waals surface area contributed by atoms with Gasteiger partial charge in [-0.2, -0.15) is 13.2 Å². The molecule has 0 radical (unpaired) electrons. The van der Waals surface area contributed by atoms with Crippen molar-refractivity contribution >= 4 is 11.6 Å². The van der Waals surface area contributed by atoms with E-state index in [1.165, 1.54) is 13.2 Å². The average Bonchev–Trinajstić information content (AvgIpc) is 3.02. The molecule has 2 aromatic heterocycles. The van der Waals surface area contributed by atoms with Crippen LogP contribution in [0.2, 0.25) is 0 Å². The van der Waals surface area contributed by atoms with Crippen LogP contribution in [0.1, 0.15) is 103 Å². The number of piperazine rings is 1. The lowest BCUT2D eigenvalue weighted by Gasteiger charge is -2.40. The van der Waals surface area contributed by atoms with Crippen LogP contribution in [0.15, 0.2) is 30.5 Å². The molecule has 2 unspecified atom stereocenters. The molecule has 10 heteroatoms. The van der Waals surface area contributed by atoms with Gasteiger partial charge in [0.15, 0.2) is 0 Å². The van der Waals surface area contributed by atoms with Crippen LogP contribution in [0, 0.1) is 0 Å². The van der Waals surface area contributed by atoms with Gasteiger partial charge in [0, 0.05) is 50.4 Å². The number of carbonyl (C=O) groups is 1. The Morgan fingerprint density at radius 1 is 1.00 bits per heavy atom. The van der Waals surface area contributed by atoms with Gasteiger partial charge >= 0.3 is 6.18 Å². The average molecular weight is 584 g/mol. The number of nitrogens with zero attached hydrogens (tertiary/aromatic N) is 4. The fourth-order valence-corrected chi connectivity index (χ4v) is 4.49. The van der Waals surface area contributed by atoms with Crippen molar-refractivity contribution in [2.75, 3.05) is 44.7 Å². The van der Waals surface area contributed by atoms with Gasteiger partial charge in [0.25, 0.3) is 5.91 Å². The lowest BCUT2D eigenvalue weighted by molar-refractivity contribution is -0.139. The van der Waals surface area contributed by atoms with Crippen molar-refractivity contribution in [1.82, 2.24) is 20.2 Å². The summed E-state index contributed by atoms with van der Waals surface area (Å²) in [6, 6.07) is 6.45. The van der Waals surface area contributed by atoms with E-state index in [1.54, 1.807) is 12.3 Å². The number of nitrogens with one attached hydrogen (secondary N) is 1. The van der Waals surface area contributed by atoms with E-state index in [4.69, 9.17) is 4.74 Å². The van der Waals surface area contributed by atoms with E-state index in [2.05, 4.69) is 32.0 Å². The van der Waals surface area contributed by atoms with E-state index in [0.717, 1.165) is 50.8 Å². The van der Waals surface area contributed by atoms with Crippen molar-refractivity contribution < 1.29 is 22.7 Å². The molecule has 0 aromatic carbocycles. The summed E-state index contributed by atoms with van der Waals surface area (Å²) in [7, 11) is 1.22. The van der Waals surface area contributed by atoms with E-state index in [0.29, 0.717) is 17.9 Å². The number of rotatable bonds is 9. The lowest BCUT2D eigenvalue weighted by Crippen LogP contribution is -2.50. The van der Waals surface area contributed by atoms with Gasteiger partial charge in [-0.1, -0.05) is 48.5 Å². The third kappa shape index (κ3) is 11.5. The minimum absolute atomic E-state index is 0.0326. The number of anilines is 1. The second-order valence-corrected chi connectivity index (χ2v) is 8.76. The van der Waals surface area contributed by atoms with Crippen LogP contribution in [-0.2, 0) is 6.18 Å². The van der Waals surface area contributed by atoms with Crippen LogP contribution in [0.5, 0.6) is 5.88 Å². The highest BCUT2D eigenvalue weighted by Gasteiger charge is 2.36. The molecule has 1 amide bonds. The Balaban J connectivity index is 0.00000250. The Morgan fingerprint density at radius 2 is 1.61 bits per heavy atom. The monoisotopic (exact) mass is 583 g/mol. The molecule has 1 saturated heterocycles. The summed E-state index contributed by atoms with van der Waals surface area (Å²) >= 11 is 0. The molecule has 3 rings (SSSR count). The Labute approximate surface area is 245 Å². The number of aromatic nitrogens is 2. The molecule has 1 fully saturated rings. The molecule has 0 bridgehead atoms. The number of methoxy groups -OCH3 is 1. The van der Waals surface area contributed by atoms with Crippen molar-refractivity contribution in [3.8, 4) is 5.88 Å². The van der Waals surface area contributed by atoms with E-state index in [-0.39, 0.29) is 23.7 Å². The second-order valence-electron chi connectivity index (χ2n) is 8.76. The highest BCUT2D eigenvalue weighted by molar-refractivity contribution is 5.92. The SMILES string of the molecule is CC.CC.CC.CCNC(=O)c1ccc(N2CCN(C(C)CC(CC)c3ccc(C(F)(F)F)c(OC)n3)CC2)cn1. The van der Waals surface area contributed by atoms with Gasteiger partial charge in [-0.05, 0) is 51.0 Å². The fraction of sp³-hybridized carbons (Fsp3) is 0.645. The number of hydrogen-bond donors (Lipinski definition) is 1. The summed E-state index contributed by atoms with van der Waals surface area (Å²) in [6.45, 7) is 22.0. The van der Waals surface area contributed by atoms with Crippen LogP contribution in [0.4, 0.5) is 18.9 Å². The molecule has 7 nitrogen and oxygen atoms in total. The molecule has 234 valence electrons. The maximum absolute atomic E-state index is 13.2. The summed E-state index contributed by atoms with van der Waals surface area (Å²) in [5, 5.41) is 2.74. The number of alkyl halides is 3. The maximum Gasteiger partial charge on any atom is 0.421 e. The minimum atomic E-state index is -4.50. The molecule has 2 aromatic rings. The second kappa shape index (κ2) is 20.1. The first-order valence-electron chi connectivity index (χ1n) is 15.0. The molecular weight excluding hydrogens is 531 g/mol. The predicted octanol–water partition coefficient (Wildman–Crippen LogP) is 7.43. The fourth-order valence-electron chi connectivity index (χ4n) is 4.49. The summed E-state index contributed by atoms with van der Waals surface area (Å²) in [5.41, 5.74) is 1.16. The third-order valence-corrected chi connectivity index (χ3v) is 6.54. The molecule has 1 aliphatic heterocycles. The lowest BCUT2D eigenvalue weighted by atomic mass is 9.92. The summed E-state index contributed by atoms with van der Waals surface area (Å²) < 4.78 is 44.5. The molecular formula is C31H52F3N5O2. The molecule has 0 aliphatic carbocycles. The first-order chi connectivity index (χ1) is 19.7. The molecule has 0 spiro atoms. The number of amides is 1.